The van der Waals surface area contributed by atoms with Crippen molar-refractivity contribution in [3.8, 4) is 0 Å². The van der Waals surface area contributed by atoms with Gasteiger partial charge in [0.25, 0.3) is 0 Å². The van der Waals surface area contributed by atoms with E-state index in [-0.39, 0.29) is 0 Å². The number of likely N-dealkylation sites (tertiary alicyclic amines) is 1. The predicted molar refractivity (Wildman–Crippen MR) is 101 cm³/mol. The Labute approximate surface area is 143 Å². The lowest BCUT2D eigenvalue weighted by atomic mass is 10.0. The lowest BCUT2D eigenvalue weighted by Gasteiger charge is -2.37. The third-order valence-electron chi connectivity index (χ3n) is 6.04. The minimum Gasteiger partial charge on any atom is -0.427 e. The van der Waals surface area contributed by atoms with Crippen LogP contribution in [-0.2, 0) is 0 Å². The zero-order valence-corrected chi connectivity index (χ0v) is 15.6. The van der Waals surface area contributed by atoms with Crippen molar-refractivity contribution in [3.63, 3.8) is 0 Å². The summed E-state index contributed by atoms with van der Waals surface area (Å²) in [7, 11) is -2.34. The smallest absolute Gasteiger partial charge is 0.223 e. The van der Waals surface area contributed by atoms with E-state index in [9.17, 15) is 4.80 Å². The van der Waals surface area contributed by atoms with Gasteiger partial charge in [0, 0.05) is 0 Å². The summed E-state index contributed by atoms with van der Waals surface area (Å²) >= 11 is 0. The fraction of sp³-hybridized carbons (Fsp3) is 0.700. The van der Waals surface area contributed by atoms with Crippen molar-refractivity contribution in [1.82, 2.24) is 4.90 Å². The van der Waals surface area contributed by atoms with Crippen LogP contribution in [0.3, 0.4) is 0 Å². The number of hydrogen-bond donors (Lipinski definition) is 1. The van der Waals surface area contributed by atoms with E-state index in [0.29, 0.717) is 5.54 Å². The maximum Gasteiger partial charge on any atom is 0.223 e. The fourth-order valence-corrected chi connectivity index (χ4v) is 8.64. The maximum absolute atomic E-state index is 11.8. The zero-order chi connectivity index (χ0) is 16.0. The second-order valence-electron chi connectivity index (χ2n) is 7.63. The first kappa shape index (κ1) is 17.2. The van der Waals surface area contributed by atoms with Gasteiger partial charge in [-0.25, -0.2) is 0 Å². The Balaban J connectivity index is 1.64. The average molecular weight is 332 g/mol. The molecule has 0 aromatic heterocycles. The standard InChI is InChI=1S/C20H33NOSi/c22-23(19-11-4-1-5-12-19,20-13-6-2-7-14-20)18-10-17-21-15-8-3-9-16-21/h1,4-5,11-12,20,22H,2-3,6-10,13-18H2/t23-/m1/s1. The van der Waals surface area contributed by atoms with E-state index < -0.39 is 8.32 Å². The van der Waals surface area contributed by atoms with E-state index >= 15 is 0 Å². The molecule has 1 aromatic carbocycles. The molecule has 2 aliphatic rings. The van der Waals surface area contributed by atoms with Crippen LogP contribution in [0.5, 0.6) is 0 Å². The largest absolute Gasteiger partial charge is 0.427 e. The molecule has 1 saturated heterocycles. The Morgan fingerprint density at radius 2 is 1.57 bits per heavy atom. The number of benzene rings is 1. The summed E-state index contributed by atoms with van der Waals surface area (Å²) in [4.78, 5) is 14.4. The minimum atomic E-state index is -2.34. The molecular formula is C20H33NOSi. The normalized spacial score (nSPS) is 23.5. The quantitative estimate of drug-likeness (QED) is 0.795. The van der Waals surface area contributed by atoms with Gasteiger partial charge in [0.15, 0.2) is 0 Å². The van der Waals surface area contributed by atoms with Crippen molar-refractivity contribution in [1.29, 1.82) is 0 Å². The van der Waals surface area contributed by atoms with E-state index in [1.54, 1.807) is 0 Å². The van der Waals surface area contributed by atoms with Gasteiger partial charge in [0.05, 0.1) is 0 Å². The first-order chi connectivity index (χ1) is 11.3. The molecule has 2 fully saturated rings. The molecule has 1 aromatic rings. The molecule has 23 heavy (non-hydrogen) atoms. The van der Waals surface area contributed by atoms with E-state index in [2.05, 4.69) is 35.2 Å². The van der Waals surface area contributed by atoms with Crippen molar-refractivity contribution < 1.29 is 4.80 Å². The zero-order valence-electron chi connectivity index (χ0n) is 14.6. The lowest BCUT2D eigenvalue weighted by Crippen LogP contribution is -2.53. The molecule has 0 spiro atoms. The molecule has 0 bridgehead atoms. The first-order valence-electron chi connectivity index (χ1n) is 9.79. The number of nitrogens with zero attached hydrogens (tertiary/aromatic N) is 1. The maximum atomic E-state index is 11.8. The van der Waals surface area contributed by atoms with E-state index in [0.717, 1.165) is 6.04 Å². The lowest BCUT2D eigenvalue weighted by molar-refractivity contribution is 0.228. The van der Waals surface area contributed by atoms with Gasteiger partial charge >= 0.3 is 0 Å². The second-order valence-corrected chi connectivity index (χ2v) is 11.4. The molecule has 0 unspecified atom stereocenters. The van der Waals surface area contributed by atoms with Crippen LogP contribution in [0.2, 0.25) is 11.6 Å². The van der Waals surface area contributed by atoms with Gasteiger partial charge in [-0.15, -0.1) is 0 Å². The molecule has 0 amide bonds. The van der Waals surface area contributed by atoms with Crippen molar-refractivity contribution in [2.75, 3.05) is 19.6 Å². The average Bonchev–Trinajstić information content (AvgIpc) is 2.64. The molecule has 1 aliphatic carbocycles. The Morgan fingerprint density at radius 3 is 2.26 bits per heavy atom. The van der Waals surface area contributed by atoms with Crippen molar-refractivity contribution >= 4 is 13.5 Å². The van der Waals surface area contributed by atoms with E-state index in [4.69, 9.17) is 0 Å². The van der Waals surface area contributed by atoms with Gasteiger partial charge in [-0.1, -0.05) is 68.9 Å². The molecular weight excluding hydrogens is 298 g/mol. The summed E-state index contributed by atoms with van der Waals surface area (Å²) in [6.07, 6.45) is 11.8. The molecule has 1 saturated carbocycles. The summed E-state index contributed by atoms with van der Waals surface area (Å²) in [6, 6.07) is 11.7. The van der Waals surface area contributed by atoms with Gasteiger partial charge in [0.1, 0.15) is 0 Å². The number of piperidine rings is 1. The van der Waals surface area contributed by atoms with Crippen LogP contribution < -0.4 is 5.19 Å². The van der Waals surface area contributed by atoms with E-state index in [1.165, 1.54) is 82.6 Å². The number of hydrogen-bond acceptors (Lipinski definition) is 2. The highest BCUT2D eigenvalue weighted by molar-refractivity contribution is 6.86. The van der Waals surface area contributed by atoms with Crippen LogP contribution in [0.4, 0.5) is 0 Å². The molecule has 1 N–H and O–H groups in total. The summed E-state index contributed by atoms with van der Waals surface area (Å²) in [6.45, 7) is 3.73. The fourth-order valence-electron chi connectivity index (χ4n) is 4.65. The van der Waals surface area contributed by atoms with Crippen LogP contribution in [-0.4, -0.2) is 37.6 Å². The summed E-state index contributed by atoms with van der Waals surface area (Å²) in [5.41, 5.74) is 0.583. The molecule has 2 nitrogen and oxygen atoms in total. The Kier molecular flexibility index (Phi) is 6.32. The first-order valence-corrected chi connectivity index (χ1v) is 12.0. The van der Waals surface area contributed by atoms with Gasteiger partial charge in [-0.05, 0) is 55.7 Å². The van der Waals surface area contributed by atoms with E-state index in [1.807, 2.05) is 0 Å². The molecule has 128 valence electrons. The highest BCUT2D eigenvalue weighted by Crippen LogP contribution is 2.38. The van der Waals surface area contributed by atoms with Crippen LogP contribution >= 0.6 is 0 Å². The van der Waals surface area contributed by atoms with Crippen LogP contribution in [0.25, 0.3) is 0 Å². The van der Waals surface area contributed by atoms with Gasteiger partial charge in [-0.2, -0.15) is 0 Å². The molecule has 3 heteroatoms. The molecule has 0 radical (unpaired) electrons. The molecule has 1 heterocycles. The van der Waals surface area contributed by atoms with Crippen LogP contribution in [0.1, 0.15) is 57.8 Å². The SMILES string of the molecule is O[Si@](CCCN1CCCCC1)(c1ccccc1)C1CCCCC1. The highest BCUT2D eigenvalue weighted by atomic mass is 28.4. The second kappa shape index (κ2) is 8.45. The Bertz CT molecular complexity index is 454. The predicted octanol–water partition coefficient (Wildman–Crippen LogP) is 4.04. The molecule has 1 atom stereocenters. The number of rotatable bonds is 6. The van der Waals surface area contributed by atoms with Gasteiger partial charge in [-0.3, -0.25) is 0 Å². The monoisotopic (exact) mass is 331 g/mol. The van der Waals surface area contributed by atoms with Crippen molar-refractivity contribution in [2.24, 2.45) is 0 Å². The van der Waals surface area contributed by atoms with Crippen molar-refractivity contribution in [3.05, 3.63) is 30.3 Å². The van der Waals surface area contributed by atoms with Gasteiger partial charge in [0.2, 0.25) is 8.32 Å². The third-order valence-corrected chi connectivity index (χ3v) is 10.4. The van der Waals surface area contributed by atoms with Crippen LogP contribution in [0.15, 0.2) is 30.3 Å². The molecule has 1 aliphatic heterocycles. The Morgan fingerprint density at radius 1 is 0.913 bits per heavy atom. The summed E-state index contributed by atoms with van der Waals surface area (Å²) in [5.74, 6) is 0. The highest BCUT2D eigenvalue weighted by Gasteiger charge is 2.41. The summed E-state index contributed by atoms with van der Waals surface area (Å²) < 4.78 is 0. The van der Waals surface area contributed by atoms with Gasteiger partial charge < -0.3 is 9.70 Å². The molecule has 3 rings (SSSR count). The minimum absolute atomic E-state index is 0.583. The van der Waals surface area contributed by atoms with Crippen LogP contribution in [0, 0.1) is 0 Å². The third kappa shape index (κ3) is 4.46. The van der Waals surface area contributed by atoms with Crippen molar-refractivity contribution in [2.45, 2.75) is 69.4 Å². The summed E-state index contributed by atoms with van der Waals surface area (Å²) in [5, 5.41) is 1.28. The topological polar surface area (TPSA) is 23.5 Å². The Hall–Kier alpha value is -0.643.